The maximum absolute atomic E-state index is 12.9. The van der Waals surface area contributed by atoms with E-state index in [1.807, 2.05) is 18.7 Å². The third kappa shape index (κ3) is 3.36. The number of hydrogen-bond acceptors (Lipinski definition) is 4. The van der Waals surface area contributed by atoms with Crippen molar-refractivity contribution in [1.29, 1.82) is 0 Å². The third-order valence-corrected chi connectivity index (χ3v) is 4.89. The molecule has 1 aliphatic rings. The zero-order chi connectivity index (χ0) is 18.0. The fourth-order valence-corrected chi connectivity index (χ4v) is 3.43. The number of aryl methyl sites for hydroxylation is 2. The third-order valence-electron chi connectivity index (χ3n) is 4.89. The minimum absolute atomic E-state index is 0.0170. The molecule has 0 radical (unpaired) electrons. The highest BCUT2D eigenvalue weighted by Crippen LogP contribution is 2.22. The lowest BCUT2D eigenvalue weighted by molar-refractivity contribution is 0.0632. The van der Waals surface area contributed by atoms with E-state index < -0.39 is 0 Å². The van der Waals surface area contributed by atoms with Gasteiger partial charge in [0.25, 0.3) is 5.91 Å². The predicted octanol–water partition coefficient (Wildman–Crippen LogP) is 2.07. The molecule has 134 valence electrons. The molecular formula is C18H25N5O2. The number of Topliss-reactive ketones (excluding diaryl/α,β-unsaturated/α-hetero) is 1. The first-order chi connectivity index (χ1) is 12.0. The quantitative estimate of drug-likeness (QED) is 0.779. The number of rotatable bonds is 5. The lowest BCUT2D eigenvalue weighted by Gasteiger charge is -2.31. The van der Waals surface area contributed by atoms with Crippen molar-refractivity contribution in [2.24, 2.45) is 13.0 Å². The van der Waals surface area contributed by atoms with Crippen LogP contribution in [0.3, 0.4) is 0 Å². The Morgan fingerprint density at radius 2 is 2.16 bits per heavy atom. The summed E-state index contributed by atoms with van der Waals surface area (Å²) in [5, 5.41) is 4.32. The zero-order valence-corrected chi connectivity index (χ0v) is 15.1. The van der Waals surface area contributed by atoms with Crippen molar-refractivity contribution in [3.05, 3.63) is 35.7 Å². The fourth-order valence-electron chi connectivity index (χ4n) is 3.43. The van der Waals surface area contributed by atoms with E-state index in [-0.39, 0.29) is 17.6 Å². The van der Waals surface area contributed by atoms with Crippen molar-refractivity contribution in [2.45, 2.75) is 39.7 Å². The second-order valence-electron chi connectivity index (χ2n) is 6.68. The molecule has 0 saturated carbocycles. The molecule has 2 aromatic rings. The largest absolute Gasteiger partial charge is 0.338 e. The second kappa shape index (κ2) is 7.21. The van der Waals surface area contributed by atoms with Gasteiger partial charge in [-0.3, -0.25) is 14.3 Å². The molecule has 0 aromatic carbocycles. The number of likely N-dealkylation sites (tertiary alicyclic amines) is 1. The van der Waals surface area contributed by atoms with E-state index in [1.165, 1.54) is 0 Å². The van der Waals surface area contributed by atoms with Crippen LogP contribution in [0.15, 0.2) is 18.6 Å². The summed E-state index contributed by atoms with van der Waals surface area (Å²) >= 11 is 0. The molecule has 25 heavy (non-hydrogen) atoms. The molecule has 0 N–H and O–H groups in total. The minimum atomic E-state index is -0.190. The highest BCUT2D eigenvalue weighted by molar-refractivity contribution is 5.97. The van der Waals surface area contributed by atoms with Gasteiger partial charge in [-0.2, -0.15) is 5.10 Å². The van der Waals surface area contributed by atoms with E-state index in [4.69, 9.17) is 0 Å². The number of amides is 1. The number of imidazole rings is 1. The molecule has 2 aromatic heterocycles. The van der Waals surface area contributed by atoms with Crippen molar-refractivity contribution >= 4 is 11.7 Å². The number of aromatic nitrogens is 4. The summed E-state index contributed by atoms with van der Waals surface area (Å²) in [5.41, 5.74) is 1.53. The van der Waals surface area contributed by atoms with Crippen LogP contribution in [0.2, 0.25) is 0 Å². The monoisotopic (exact) mass is 343 g/mol. The lowest BCUT2D eigenvalue weighted by atomic mass is 9.93. The van der Waals surface area contributed by atoms with Crippen molar-refractivity contribution in [3.8, 4) is 0 Å². The van der Waals surface area contributed by atoms with Crippen molar-refractivity contribution < 1.29 is 9.59 Å². The Hall–Kier alpha value is -2.44. The summed E-state index contributed by atoms with van der Waals surface area (Å²) < 4.78 is 3.61. The molecule has 1 fully saturated rings. The Balaban J connectivity index is 1.74. The zero-order valence-electron chi connectivity index (χ0n) is 15.1. The van der Waals surface area contributed by atoms with Gasteiger partial charge in [-0.15, -0.1) is 0 Å². The summed E-state index contributed by atoms with van der Waals surface area (Å²) in [6, 6.07) is 0. The van der Waals surface area contributed by atoms with Gasteiger partial charge in [0.05, 0.1) is 11.8 Å². The van der Waals surface area contributed by atoms with E-state index in [9.17, 15) is 9.59 Å². The molecule has 7 nitrogen and oxygen atoms in total. The van der Waals surface area contributed by atoms with Gasteiger partial charge in [0.15, 0.2) is 5.82 Å². The average molecular weight is 343 g/mol. The molecular weight excluding hydrogens is 318 g/mol. The van der Waals surface area contributed by atoms with E-state index >= 15 is 0 Å². The predicted molar refractivity (Wildman–Crippen MR) is 93.4 cm³/mol. The van der Waals surface area contributed by atoms with Gasteiger partial charge in [0.1, 0.15) is 0 Å². The SMILES string of the molecule is CCCn1ncc(C(=O)N2CCC[C@@H](C(=O)c3nccn3C)C2)c1C. The van der Waals surface area contributed by atoms with Crippen LogP contribution >= 0.6 is 0 Å². The molecule has 7 heteroatoms. The number of piperidine rings is 1. The van der Waals surface area contributed by atoms with Gasteiger partial charge in [0.2, 0.25) is 5.78 Å². The first kappa shape index (κ1) is 17.4. The van der Waals surface area contributed by atoms with Gasteiger partial charge >= 0.3 is 0 Å². The highest BCUT2D eigenvalue weighted by Gasteiger charge is 2.32. The standard InChI is InChI=1S/C18H25N5O2/c1-4-8-23-13(2)15(11-20-23)18(25)22-9-5-6-14(12-22)16(24)17-19-7-10-21(17)3/h7,10-11,14H,4-6,8-9,12H2,1-3H3/t14-/m1/s1. The molecule has 0 unspecified atom stereocenters. The lowest BCUT2D eigenvalue weighted by Crippen LogP contribution is -2.42. The Labute approximate surface area is 147 Å². The van der Waals surface area contributed by atoms with Crippen molar-refractivity contribution in [3.63, 3.8) is 0 Å². The molecule has 0 spiro atoms. The van der Waals surface area contributed by atoms with Crippen LogP contribution in [0.5, 0.6) is 0 Å². The van der Waals surface area contributed by atoms with Gasteiger partial charge in [-0.25, -0.2) is 4.98 Å². The molecule has 1 amide bonds. The molecule has 1 saturated heterocycles. The Kier molecular flexibility index (Phi) is 5.01. The maximum atomic E-state index is 12.9. The van der Waals surface area contributed by atoms with Crippen LogP contribution in [-0.4, -0.2) is 49.0 Å². The van der Waals surface area contributed by atoms with Gasteiger partial charge < -0.3 is 9.47 Å². The van der Waals surface area contributed by atoms with Gasteiger partial charge in [-0.05, 0) is 26.2 Å². The molecule has 1 aliphatic heterocycles. The van der Waals surface area contributed by atoms with Crippen molar-refractivity contribution in [2.75, 3.05) is 13.1 Å². The van der Waals surface area contributed by atoms with Crippen LogP contribution in [0.4, 0.5) is 0 Å². The van der Waals surface area contributed by atoms with E-state index in [0.29, 0.717) is 24.5 Å². The Morgan fingerprint density at radius 1 is 1.36 bits per heavy atom. The highest BCUT2D eigenvalue weighted by atomic mass is 16.2. The second-order valence-corrected chi connectivity index (χ2v) is 6.68. The topological polar surface area (TPSA) is 73.0 Å². The van der Waals surface area contributed by atoms with E-state index in [2.05, 4.69) is 17.0 Å². The Morgan fingerprint density at radius 3 is 2.84 bits per heavy atom. The van der Waals surface area contributed by atoms with Crippen LogP contribution < -0.4 is 0 Å². The summed E-state index contributed by atoms with van der Waals surface area (Å²) in [5.74, 6) is 0.261. The summed E-state index contributed by atoms with van der Waals surface area (Å²) in [4.78, 5) is 31.5. The number of ketones is 1. The normalized spacial score (nSPS) is 17.7. The molecule has 1 atom stereocenters. The minimum Gasteiger partial charge on any atom is -0.338 e. The fraction of sp³-hybridized carbons (Fsp3) is 0.556. The first-order valence-corrected chi connectivity index (χ1v) is 8.86. The van der Waals surface area contributed by atoms with Gasteiger partial charge in [-0.1, -0.05) is 6.92 Å². The van der Waals surface area contributed by atoms with Gasteiger partial charge in [0, 0.05) is 50.7 Å². The first-order valence-electron chi connectivity index (χ1n) is 8.86. The smallest absolute Gasteiger partial charge is 0.257 e. The van der Waals surface area contributed by atoms with Crippen LogP contribution in [0.25, 0.3) is 0 Å². The summed E-state index contributed by atoms with van der Waals surface area (Å²) in [6.45, 7) is 5.95. The number of nitrogens with zero attached hydrogens (tertiary/aromatic N) is 5. The number of hydrogen-bond donors (Lipinski definition) is 0. The van der Waals surface area contributed by atoms with E-state index in [1.54, 1.807) is 28.1 Å². The maximum Gasteiger partial charge on any atom is 0.257 e. The van der Waals surface area contributed by atoms with Crippen LogP contribution in [0, 0.1) is 12.8 Å². The molecule has 0 bridgehead atoms. The molecule has 3 rings (SSSR count). The summed E-state index contributed by atoms with van der Waals surface area (Å²) in [6.07, 6.45) is 7.64. The molecule has 0 aliphatic carbocycles. The summed E-state index contributed by atoms with van der Waals surface area (Å²) in [7, 11) is 1.82. The number of carbonyl (C=O) groups is 2. The molecule has 3 heterocycles. The van der Waals surface area contributed by atoms with E-state index in [0.717, 1.165) is 31.5 Å². The average Bonchev–Trinajstić information content (AvgIpc) is 3.20. The van der Waals surface area contributed by atoms with Crippen LogP contribution in [0.1, 0.15) is 52.9 Å². The number of carbonyl (C=O) groups excluding carboxylic acids is 2. The van der Waals surface area contributed by atoms with Crippen molar-refractivity contribution in [1.82, 2.24) is 24.2 Å². The Bertz CT molecular complexity index is 776. The van der Waals surface area contributed by atoms with Crippen LogP contribution in [-0.2, 0) is 13.6 Å².